The van der Waals surface area contributed by atoms with Gasteiger partial charge in [0, 0.05) is 19.6 Å². The van der Waals surface area contributed by atoms with Crippen molar-refractivity contribution in [2.75, 3.05) is 24.5 Å². The summed E-state index contributed by atoms with van der Waals surface area (Å²) >= 11 is 1.48. The van der Waals surface area contributed by atoms with E-state index in [-0.39, 0.29) is 11.8 Å². The molecule has 152 valence electrons. The number of carbonyl (C=O) groups excluding carboxylic acids is 1. The number of nitrogens with zero attached hydrogens (tertiary/aromatic N) is 3. The Bertz CT molecular complexity index is 1010. The number of rotatable bonds is 5. The second kappa shape index (κ2) is 8.49. The topological polar surface area (TPSA) is 58.1 Å². The molecule has 3 aromatic rings. The first kappa shape index (κ1) is 19.8. The number of piperidine rings is 1. The van der Waals surface area contributed by atoms with Gasteiger partial charge in [-0.25, -0.2) is 9.97 Å². The Labute approximate surface area is 176 Å². The lowest BCUT2D eigenvalue weighted by Gasteiger charge is -2.28. The summed E-state index contributed by atoms with van der Waals surface area (Å²) < 4.78 is 0. The Kier molecular flexibility index (Phi) is 5.81. The van der Waals surface area contributed by atoms with Gasteiger partial charge in [0.25, 0.3) is 5.91 Å². The van der Waals surface area contributed by atoms with E-state index in [0.717, 1.165) is 45.4 Å². The maximum Gasteiger partial charge on any atom is 0.261 e. The standard InChI is InChI=1S/C23H28N4OS/c1-15(18-10-6-4-7-11-18)14-24-22(28)20-16(2)19-21(27-12-8-5-9-13-27)25-17(3)26-23(19)29-20/h4,6-7,10-11,15H,5,8-9,12-14H2,1-3H3,(H,24,28)/t15-/m0/s1. The van der Waals surface area contributed by atoms with Crippen molar-refractivity contribution in [2.45, 2.75) is 46.0 Å². The molecular formula is C23H28N4OS. The molecule has 0 spiro atoms. The number of thiophene rings is 1. The van der Waals surface area contributed by atoms with Gasteiger partial charge >= 0.3 is 0 Å². The minimum Gasteiger partial charge on any atom is -0.356 e. The van der Waals surface area contributed by atoms with Crippen molar-refractivity contribution < 1.29 is 4.79 Å². The van der Waals surface area contributed by atoms with E-state index in [2.05, 4.69) is 34.3 Å². The first-order valence-electron chi connectivity index (χ1n) is 10.4. The van der Waals surface area contributed by atoms with Crippen molar-refractivity contribution in [1.82, 2.24) is 15.3 Å². The van der Waals surface area contributed by atoms with Crippen molar-refractivity contribution in [2.24, 2.45) is 0 Å². The monoisotopic (exact) mass is 408 g/mol. The average molecular weight is 409 g/mol. The van der Waals surface area contributed by atoms with Gasteiger partial charge in [-0.15, -0.1) is 11.3 Å². The molecule has 1 saturated heterocycles. The summed E-state index contributed by atoms with van der Waals surface area (Å²) in [6.45, 7) is 8.76. The minimum atomic E-state index is -0.0180. The molecule has 6 heteroatoms. The predicted molar refractivity (Wildman–Crippen MR) is 120 cm³/mol. The van der Waals surface area contributed by atoms with Crippen LogP contribution in [-0.4, -0.2) is 35.5 Å². The first-order chi connectivity index (χ1) is 14.0. The predicted octanol–water partition coefficient (Wildman–Crippen LogP) is 4.83. The van der Waals surface area contributed by atoms with Gasteiger partial charge in [-0.05, 0) is 50.2 Å². The molecule has 3 heterocycles. The second-order valence-corrected chi connectivity index (χ2v) is 8.90. The molecule has 1 atom stereocenters. The molecule has 0 unspecified atom stereocenters. The van der Waals surface area contributed by atoms with Crippen molar-refractivity contribution in [3.8, 4) is 0 Å². The van der Waals surface area contributed by atoms with Gasteiger partial charge in [-0.3, -0.25) is 4.79 Å². The lowest BCUT2D eigenvalue weighted by Crippen LogP contribution is -2.30. The van der Waals surface area contributed by atoms with Gasteiger partial charge in [-0.2, -0.15) is 0 Å². The number of carbonyl (C=O) groups is 1. The number of fused-ring (bicyclic) bond motifs is 1. The molecule has 4 rings (SSSR count). The van der Waals surface area contributed by atoms with Crippen molar-refractivity contribution in [3.63, 3.8) is 0 Å². The quantitative estimate of drug-likeness (QED) is 0.657. The number of aromatic nitrogens is 2. The van der Waals surface area contributed by atoms with Crippen molar-refractivity contribution >= 4 is 33.3 Å². The molecule has 1 N–H and O–H groups in total. The molecule has 0 radical (unpaired) electrons. The highest BCUT2D eigenvalue weighted by molar-refractivity contribution is 7.20. The largest absolute Gasteiger partial charge is 0.356 e. The zero-order valence-corrected chi connectivity index (χ0v) is 18.2. The summed E-state index contributed by atoms with van der Waals surface area (Å²) in [5.41, 5.74) is 2.23. The third-order valence-electron chi connectivity index (χ3n) is 5.68. The zero-order chi connectivity index (χ0) is 20.4. The molecular weight excluding hydrogens is 380 g/mol. The van der Waals surface area contributed by atoms with Gasteiger partial charge < -0.3 is 10.2 Å². The van der Waals surface area contributed by atoms with Crippen LogP contribution in [0.5, 0.6) is 0 Å². The minimum absolute atomic E-state index is 0.0180. The summed E-state index contributed by atoms with van der Waals surface area (Å²) in [6, 6.07) is 10.3. The molecule has 1 fully saturated rings. The van der Waals surface area contributed by atoms with E-state index in [1.165, 1.54) is 36.2 Å². The summed E-state index contributed by atoms with van der Waals surface area (Å²) in [6.07, 6.45) is 3.66. The molecule has 1 aliphatic rings. The van der Waals surface area contributed by atoms with Crippen LogP contribution in [0.2, 0.25) is 0 Å². The number of anilines is 1. The summed E-state index contributed by atoms with van der Waals surface area (Å²) in [5.74, 6) is 2.01. The summed E-state index contributed by atoms with van der Waals surface area (Å²) in [5, 5.41) is 4.17. The highest BCUT2D eigenvalue weighted by atomic mass is 32.1. The molecule has 2 aromatic heterocycles. The maximum absolute atomic E-state index is 13.0. The number of hydrogen-bond donors (Lipinski definition) is 1. The van der Waals surface area contributed by atoms with Crippen LogP contribution in [0.3, 0.4) is 0 Å². The van der Waals surface area contributed by atoms with Crippen LogP contribution < -0.4 is 10.2 Å². The van der Waals surface area contributed by atoms with E-state index in [9.17, 15) is 4.79 Å². The zero-order valence-electron chi connectivity index (χ0n) is 17.4. The average Bonchev–Trinajstić information content (AvgIpc) is 3.08. The number of amides is 1. The highest BCUT2D eigenvalue weighted by Gasteiger charge is 2.23. The molecule has 1 aliphatic heterocycles. The summed E-state index contributed by atoms with van der Waals surface area (Å²) in [4.78, 5) is 26.4. The normalized spacial score (nSPS) is 15.5. The van der Waals surface area contributed by atoms with Gasteiger partial charge in [0.2, 0.25) is 0 Å². The SMILES string of the molecule is Cc1nc(N2CCCCC2)c2c(C)c(C(=O)NC[C@H](C)c3ccccc3)sc2n1. The molecule has 0 bridgehead atoms. The maximum atomic E-state index is 13.0. The molecule has 5 nitrogen and oxygen atoms in total. The third-order valence-corrected chi connectivity index (χ3v) is 6.87. The van der Waals surface area contributed by atoms with Crippen LogP contribution in [0.15, 0.2) is 30.3 Å². The Morgan fingerprint density at radius 2 is 1.86 bits per heavy atom. The van der Waals surface area contributed by atoms with Gasteiger partial charge in [-0.1, -0.05) is 37.3 Å². The first-order valence-corrected chi connectivity index (χ1v) is 11.2. The Morgan fingerprint density at radius 3 is 2.59 bits per heavy atom. The molecule has 0 aliphatic carbocycles. The van der Waals surface area contributed by atoms with Gasteiger partial charge in [0.1, 0.15) is 16.5 Å². The van der Waals surface area contributed by atoms with Gasteiger partial charge in [0.15, 0.2) is 0 Å². The Hall–Kier alpha value is -2.47. The number of hydrogen-bond acceptors (Lipinski definition) is 5. The molecule has 29 heavy (non-hydrogen) atoms. The third kappa shape index (κ3) is 4.13. The smallest absolute Gasteiger partial charge is 0.261 e. The lowest BCUT2D eigenvalue weighted by molar-refractivity contribution is 0.0955. The van der Waals surface area contributed by atoms with Crippen LogP contribution in [0.25, 0.3) is 10.2 Å². The lowest BCUT2D eigenvalue weighted by atomic mass is 10.0. The van der Waals surface area contributed by atoms with Crippen LogP contribution in [-0.2, 0) is 0 Å². The highest BCUT2D eigenvalue weighted by Crippen LogP contribution is 2.36. The Balaban J connectivity index is 1.59. The van der Waals surface area contributed by atoms with E-state index in [0.29, 0.717) is 6.54 Å². The molecule has 0 saturated carbocycles. The summed E-state index contributed by atoms with van der Waals surface area (Å²) in [7, 11) is 0. The fourth-order valence-corrected chi connectivity index (χ4v) is 5.14. The van der Waals surface area contributed by atoms with E-state index < -0.39 is 0 Å². The van der Waals surface area contributed by atoms with E-state index in [1.54, 1.807) is 0 Å². The van der Waals surface area contributed by atoms with E-state index >= 15 is 0 Å². The van der Waals surface area contributed by atoms with Crippen molar-refractivity contribution in [3.05, 3.63) is 52.2 Å². The fourth-order valence-electron chi connectivity index (χ4n) is 4.00. The van der Waals surface area contributed by atoms with Crippen LogP contribution in [0.1, 0.15) is 58.7 Å². The van der Waals surface area contributed by atoms with Crippen LogP contribution in [0.4, 0.5) is 5.82 Å². The van der Waals surface area contributed by atoms with Gasteiger partial charge in [0.05, 0.1) is 10.3 Å². The van der Waals surface area contributed by atoms with Crippen molar-refractivity contribution in [1.29, 1.82) is 0 Å². The molecule has 1 amide bonds. The number of nitrogens with one attached hydrogen (secondary N) is 1. The van der Waals surface area contributed by atoms with E-state index in [4.69, 9.17) is 4.98 Å². The van der Waals surface area contributed by atoms with E-state index in [1.807, 2.05) is 32.0 Å². The number of aryl methyl sites for hydroxylation is 2. The molecule has 1 aromatic carbocycles. The fraction of sp³-hybridized carbons (Fsp3) is 0.435. The van der Waals surface area contributed by atoms with Crippen LogP contribution >= 0.6 is 11.3 Å². The Morgan fingerprint density at radius 1 is 1.14 bits per heavy atom. The number of benzene rings is 1. The van der Waals surface area contributed by atoms with Crippen LogP contribution in [0, 0.1) is 13.8 Å². The second-order valence-electron chi connectivity index (χ2n) is 7.90.